The Labute approximate surface area is 87.7 Å². The molecule has 1 aromatic heterocycles. The minimum Gasteiger partial charge on any atom is -0.506 e. The lowest BCUT2D eigenvalue weighted by atomic mass is 10.1. The minimum absolute atomic E-state index is 0.124. The van der Waals surface area contributed by atoms with E-state index in [2.05, 4.69) is 4.98 Å². The first-order valence-corrected chi connectivity index (χ1v) is 4.65. The van der Waals surface area contributed by atoms with Crippen LogP contribution in [-0.2, 0) is 6.61 Å². The molecule has 0 bridgehead atoms. The molecule has 0 saturated carbocycles. The number of aromatic hydroxyl groups is 1. The van der Waals surface area contributed by atoms with Gasteiger partial charge in [-0.05, 0) is 11.6 Å². The molecule has 0 aliphatic heterocycles. The maximum atomic E-state index is 9.64. The van der Waals surface area contributed by atoms with Crippen LogP contribution in [-0.4, -0.2) is 15.2 Å². The Morgan fingerprint density at radius 2 is 1.87 bits per heavy atom. The molecular weight excluding hydrogens is 190 g/mol. The van der Waals surface area contributed by atoms with E-state index < -0.39 is 0 Å². The smallest absolute Gasteiger partial charge is 0.141 e. The SMILES string of the molecule is OCc1cc(-c2ccccc2)c(O)cn1. The van der Waals surface area contributed by atoms with Gasteiger partial charge in [-0.2, -0.15) is 0 Å². The van der Waals surface area contributed by atoms with Crippen molar-refractivity contribution in [3.63, 3.8) is 0 Å². The van der Waals surface area contributed by atoms with E-state index in [1.54, 1.807) is 6.07 Å². The molecule has 76 valence electrons. The molecule has 0 unspecified atom stereocenters. The second kappa shape index (κ2) is 4.11. The average Bonchev–Trinajstić information content (AvgIpc) is 2.31. The maximum absolute atomic E-state index is 9.64. The van der Waals surface area contributed by atoms with E-state index in [0.29, 0.717) is 11.3 Å². The average molecular weight is 201 g/mol. The molecule has 1 aromatic carbocycles. The largest absolute Gasteiger partial charge is 0.506 e. The van der Waals surface area contributed by atoms with Crippen LogP contribution < -0.4 is 0 Å². The molecule has 3 heteroatoms. The van der Waals surface area contributed by atoms with Gasteiger partial charge in [-0.3, -0.25) is 4.98 Å². The van der Waals surface area contributed by atoms with Gasteiger partial charge in [0, 0.05) is 5.56 Å². The van der Waals surface area contributed by atoms with E-state index in [0.717, 1.165) is 5.56 Å². The summed E-state index contributed by atoms with van der Waals surface area (Å²) in [5.74, 6) is 0.124. The Morgan fingerprint density at radius 1 is 1.13 bits per heavy atom. The molecule has 15 heavy (non-hydrogen) atoms. The van der Waals surface area contributed by atoms with Gasteiger partial charge in [-0.1, -0.05) is 30.3 Å². The molecule has 2 N–H and O–H groups in total. The van der Waals surface area contributed by atoms with E-state index in [1.807, 2.05) is 30.3 Å². The van der Waals surface area contributed by atoms with Crippen molar-refractivity contribution in [2.45, 2.75) is 6.61 Å². The molecule has 0 fully saturated rings. The fourth-order valence-corrected chi connectivity index (χ4v) is 1.43. The molecule has 0 radical (unpaired) electrons. The van der Waals surface area contributed by atoms with Gasteiger partial charge in [0.15, 0.2) is 0 Å². The molecule has 0 saturated heterocycles. The number of aromatic nitrogens is 1. The molecule has 0 atom stereocenters. The van der Waals surface area contributed by atoms with E-state index >= 15 is 0 Å². The van der Waals surface area contributed by atoms with Crippen molar-refractivity contribution in [1.29, 1.82) is 0 Å². The van der Waals surface area contributed by atoms with E-state index in [4.69, 9.17) is 5.11 Å². The molecule has 0 aliphatic rings. The van der Waals surface area contributed by atoms with Crippen LogP contribution in [0.4, 0.5) is 0 Å². The number of hydrogen-bond acceptors (Lipinski definition) is 3. The van der Waals surface area contributed by atoms with Gasteiger partial charge in [0.2, 0.25) is 0 Å². The zero-order valence-electron chi connectivity index (χ0n) is 8.09. The molecule has 0 aliphatic carbocycles. The highest BCUT2D eigenvalue weighted by molar-refractivity contribution is 5.69. The van der Waals surface area contributed by atoms with E-state index in [9.17, 15) is 5.11 Å². The van der Waals surface area contributed by atoms with Gasteiger partial charge < -0.3 is 10.2 Å². The molecular formula is C12H11NO2. The zero-order chi connectivity index (χ0) is 10.7. The van der Waals surface area contributed by atoms with Crippen LogP contribution in [0.15, 0.2) is 42.6 Å². The maximum Gasteiger partial charge on any atom is 0.141 e. The summed E-state index contributed by atoms with van der Waals surface area (Å²) < 4.78 is 0. The topological polar surface area (TPSA) is 53.4 Å². The quantitative estimate of drug-likeness (QED) is 0.780. The summed E-state index contributed by atoms with van der Waals surface area (Å²) in [5, 5.41) is 18.6. The molecule has 0 amide bonds. The van der Waals surface area contributed by atoms with Crippen molar-refractivity contribution in [1.82, 2.24) is 4.98 Å². The molecule has 1 heterocycles. The number of rotatable bonds is 2. The minimum atomic E-state index is -0.125. The normalized spacial score (nSPS) is 10.2. The van der Waals surface area contributed by atoms with Crippen molar-refractivity contribution >= 4 is 0 Å². The number of pyridine rings is 1. The number of aliphatic hydroxyl groups excluding tert-OH is 1. The second-order valence-corrected chi connectivity index (χ2v) is 3.22. The van der Waals surface area contributed by atoms with Crippen LogP contribution in [0.5, 0.6) is 5.75 Å². The molecule has 2 rings (SSSR count). The summed E-state index contributed by atoms with van der Waals surface area (Å²) >= 11 is 0. The highest BCUT2D eigenvalue weighted by Crippen LogP contribution is 2.28. The van der Waals surface area contributed by atoms with Crippen LogP contribution in [0.3, 0.4) is 0 Å². The lowest BCUT2D eigenvalue weighted by Gasteiger charge is -2.05. The van der Waals surface area contributed by atoms with Crippen LogP contribution in [0.1, 0.15) is 5.69 Å². The lowest BCUT2D eigenvalue weighted by molar-refractivity contribution is 0.276. The standard InChI is InChI=1S/C12H11NO2/c14-8-10-6-11(12(15)7-13-10)9-4-2-1-3-5-9/h1-7,14-15H,8H2. The Hall–Kier alpha value is -1.87. The first kappa shape index (κ1) is 9.68. The summed E-state index contributed by atoms with van der Waals surface area (Å²) in [7, 11) is 0. The number of hydrogen-bond donors (Lipinski definition) is 2. The fourth-order valence-electron chi connectivity index (χ4n) is 1.43. The van der Waals surface area contributed by atoms with Crippen molar-refractivity contribution in [2.75, 3.05) is 0 Å². The van der Waals surface area contributed by atoms with Gasteiger partial charge >= 0.3 is 0 Å². The molecule has 2 aromatic rings. The third-order valence-corrected chi connectivity index (χ3v) is 2.19. The molecule has 3 nitrogen and oxygen atoms in total. The van der Waals surface area contributed by atoms with Gasteiger partial charge in [-0.25, -0.2) is 0 Å². The summed E-state index contributed by atoms with van der Waals surface area (Å²) in [5.41, 5.74) is 2.15. The molecule has 0 spiro atoms. The highest BCUT2D eigenvalue weighted by Gasteiger charge is 2.05. The fraction of sp³-hybridized carbons (Fsp3) is 0.0833. The van der Waals surface area contributed by atoms with Crippen molar-refractivity contribution in [3.8, 4) is 16.9 Å². The van der Waals surface area contributed by atoms with Crippen molar-refractivity contribution < 1.29 is 10.2 Å². The first-order chi connectivity index (χ1) is 7.31. The second-order valence-electron chi connectivity index (χ2n) is 3.22. The third kappa shape index (κ3) is 1.97. The summed E-state index contributed by atoms with van der Waals surface area (Å²) in [6.45, 7) is -0.125. The third-order valence-electron chi connectivity index (χ3n) is 2.19. The lowest BCUT2D eigenvalue weighted by Crippen LogP contribution is -1.90. The Kier molecular flexibility index (Phi) is 2.65. The van der Waals surface area contributed by atoms with Gasteiger partial charge in [0.1, 0.15) is 5.75 Å². The van der Waals surface area contributed by atoms with E-state index in [-0.39, 0.29) is 12.4 Å². The Morgan fingerprint density at radius 3 is 2.53 bits per heavy atom. The van der Waals surface area contributed by atoms with Crippen molar-refractivity contribution in [3.05, 3.63) is 48.3 Å². The first-order valence-electron chi connectivity index (χ1n) is 4.65. The number of nitrogens with zero attached hydrogens (tertiary/aromatic N) is 1. The van der Waals surface area contributed by atoms with Crippen molar-refractivity contribution in [2.24, 2.45) is 0 Å². The number of aliphatic hydroxyl groups is 1. The highest BCUT2D eigenvalue weighted by atomic mass is 16.3. The van der Waals surface area contributed by atoms with Gasteiger partial charge in [0.25, 0.3) is 0 Å². The predicted molar refractivity (Wildman–Crippen MR) is 57.3 cm³/mol. The van der Waals surface area contributed by atoms with Gasteiger partial charge in [-0.15, -0.1) is 0 Å². The number of benzene rings is 1. The predicted octanol–water partition coefficient (Wildman–Crippen LogP) is 1.95. The zero-order valence-corrected chi connectivity index (χ0v) is 8.09. The summed E-state index contributed by atoms with van der Waals surface area (Å²) in [6, 6.07) is 11.2. The Balaban J connectivity index is 2.52. The van der Waals surface area contributed by atoms with Crippen LogP contribution in [0.25, 0.3) is 11.1 Å². The monoisotopic (exact) mass is 201 g/mol. The summed E-state index contributed by atoms with van der Waals surface area (Å²) in [6.07, 6.45) is 1.36. The van der Waals surface area contributed by atoms with Crippen LogP contribution in [0, 0.1) is 0 Å². The van der Waals surface area contributed by atoms with Crippen LogP contribution >= 0.6 is 0 Å². The Bertz CT molecular complexity index is 454. The van der Waals surface area contributed by atoms with Crippen LogP contribution in [0.2, 0.25) is 0 Å². The van der Waals surface area contributed by atoms with E-state index in [1.165, 1.54) is 6.20 Å². The summed E-state index contributed by atoms with van der Waals surface area (Å²) in [4.78, 5) is 3.88. The van der Waals surface area contributed by atoms with Gasteiger partial charge in [0.05, 0.1) is 18.5 Å².